The molecule has 1 aliphatic rings. The number of H-pyrrole nitrogens is 1. The summed E-state index contributed by atoms with van der Waals surface area (Å²) in [6.07, 6.45) is 13.9. The van der Waals surface area contributed by atoms with E-state index in [1.54, 1.807) is 33.7 Å². The number of nitrogens with zero attached hydrogens (tertiary/aromatic N) is 6. The molecule has 6 rings (SSSR count). The summed E-state index contributed by atoms with van der Waals surface area (Å²) in [5.74, 6) is 0.515. The first-order valence-corrected chi connectivity index (χ1v) is 13.2. The molecule has 0 bridgehead atoms. The van der Waals surface area contributed by atoms with Gasteiger partial charge in [0, 0.05) is 50.3 Å². The van der Waals surface area contributed by atoms with Crippen LogP contribution >= 0.6 is 0 Å². The number of para-hydroxylation sites is 1. The summed E-state index contributed by atoms with van der Waals surface area (Å²) in [6, 6.07) is 18.1. The molecule has 1 aliphatic heterocycles. The van der Waals surface area contributed by atoms with Gasteiger partial charge in [-0.3, -0.25) is 19.1 Å². The minimum absolute atomic E-state index is 0.0532. The lowest BCUT2D eigenvalue weighted by molar-refractivity contribution is 0.0938. The Kier molecular flexibility index (Phi) is 9.16. The number of nitrogens with one attached hydrogen (secondary N) is 2. The average Bonchev–Trinajstić information content (AvgIpc) is 3.72. The molecule has 5 heterocycles. The second kappa shape index (κ2) is 13.1. The van der Waals surface area contributed by atoms with Crippen molar-refractivity contribution in [2.45, 2.75) is 32.9 Å². The largest absolute Gasteiger partial charge is 0.353 e. The summed E-state index contributed by atoms with van der Waals surface area (Å²) in [6.45, 7) is 5.79. The van der Waals surface area contributed by atoms with Crippen molar-refractivity contribution in [3.05, 3.63) is 111 Å². The molecule has 11 nitrogen and oxygen atoms in total. The number of terminal acetylenes is 1. The number of pyridine rings is 1. The molecule has 1 aromatic carbocycles. The van der Waals surface area contributed by atoms with Crippen molar-refractivity contribution in [2.24, 2.45) is 0 Å². The number of amides is 1. The number of carbonyl (C=O) groups excluding carboxylic acids is 1. The van der Waals surface area contributed by atoms with Crippen LogP contribution in [0, 0.1) is 19.8 Å². The highest BCUT2D eigenvalue weighted by Crippen LogP contribution is 2.19. The highest BCUT2D eigenvalue weighted by Gasteiger charge is 2.29. The van der Waals surface area contributed by atoms with Gasteiger partial charge in [0.05, 0.1) is 11.4 Å². The average molecular weight is 553 g/mol. The van der Waals surface area contributed by atoms with Crippen LogP contribution in [0.15, 0.2) is 88.8 Å². The third-order valence-corrected chi connectivity index (χ3v) is 6.69. The number of imidazole rings is 1. The SMILES string of the molecule is C#C.CCn1c(C)c(C(=O)N[C@H]2CCN(c3ccc4nccn4n3)C2)c(=O)n1-c1ccccc1.O=c1cccc[nH]1. The summed E-state index contributed by atoms with van der Waals surface area (Å²) >= 11 is 0. The minimum atomic E-state index is -0.325. The molecular weight excluding hydrogens is 520 g/mol. The normalized spacial score (nSPS) is 14.0. The van der Waals surface area contributed by atoms with Gasteiger partial charge in [-0.2, -0.15) is 0 Å². The first kappa shape index (κ1) is 28.6. The fourth-order valence-corrected chi connectivity index (χ4v) is 4.81. The molecule has 0 unspecified atom stereocenters. The fourth-order valence-electron chi connectivity index (χ4n) is 4.81. The monoisotopic (exact) mass is 552 g/mol. The number of carbonyl (C=O) groups is 1. The van der Waals surface area contributed by atoms with Crippen LogP contribution in [-0.2, 0) is 6.54 Å². The number of hydrogen-bond donors (Lipinski definition) is 2. The highest BCUT2D eigenvalue weighted by molar-refractivity contribution is 5.95. The van der Waals surface area contributed by atoms with Crippen LogP contribution in [0.3, 0.4) is 0 Å². The molecule has 1 fully saturated rings. The first-order chi connectivity index (χ1) is 20.0. The first-order valence-electron chi connectivity index (χ1n) is 13.2. The molecular formula is C30H32N8O3. The van der Waals surface area contributed by atoms with Crippen molar-refractivity contribution >= 4 is 17.4 Å². The van der Waals surface area contributed by atoms with Crippen molar-refractivity contribution in [1.82, 2.24) is 34.3 Å². The van der Waals surface area contributed by atoms with Gasteiger partial charge < -0.3 is 15.2 Å². The van der Waals surface area contributed by atoms with E-state index in [-0.39, 0.29) is 28.6 Å². The fraction of sp³-hybridized carbons (Fsp3) is 0.233. The number of hydrogen-bond acceptors (Lipinski definition) is 6. The van der Waals surface area contributed by atoms with E-state index in [2.05, 4.69) is 38.1 Å². The lowest BCUT2D eigenvalue weighted by Gasteiger charge is -2.17. The van der Waals surface area contributed by atoms with Gasteiger partial charge in [0.25, 0.3) is 11.5 Å². The topological polar surface area (TPSA) is 122 Å². The molecule has 4 aromatic heterocycles. The van der Waals surface area contributed by atoms with Crippen molar-refractivity contribution in [1.29, 1.82) is 0 Å². The number of aromatic amines is 1. The quantitative estimate of drug-likeness (QED) is 0.323. The van der Waals surface area contributed by atoms with E-state index < -0.39 is 0 Å². The van der Waals surface area contributed by atoms with Crippen LogP contribution in [0.2, 0.25) is 0 Å². The maximum absolute atomic E-state index is 13.2. The van der Waals surface area contributed by atoms with Gasteiger partial charge in [-0.05, 0) is 50.6 Å². The second-order valence-corrected chi connectivity index (χ2v) is 9.18. The van der Waals surface area contributed by atoms with Gasteiger partial charge in [0.1, 0.15) is 11.4 Å². The molecule has 1 saturated heterocycles. The van der Waals surface area contributed by atoms with Crippen LogP contribution in [0.4, 0.5) is 5.82 Å². The molecule has 1 atom stereocenters. The van der Waals surface area contributed by atoms with Crippen LogP contribution in [0.25, 0.3) is 11.3 Å². The Hall–Kier alpha value is -5.37. The molecule has 5 aromatic rings. The van der Waals surface area contributed by atoms with Crippen molar-refractivity contribution in [3.8, 4) is 18.5 Å². The van der Waals surface area contributed by atoms with E-state index >= 15 is 0 Å². The van der Waals surface area contributed by atoms with Gasteiger partial charge in [0.15, 0.2) is 5.65 Å². The third kappa shape index (κ3) is 6.28. The van der Waals surface area contributed by atoms with Crippen LogP contribution in [0.5, 0.6) is 0 Å². The van der Waals surface area contributed by atoms with Crippen molar-refractivity contribution in [2.75, 3.05) is 18.0 Å². The van der Waals surface area contributed by atoms with Gasteiger partial charge >= 0.3 is 0 Å². The molecule has 41 heavy (non-hydrogen) atoms. The van der Waals surface area contributed by atoms with Crippen molar-refractivity contribution < 1.29 is 4.79 Å². The lowest BCUT2D eigenvalue weighted by atomic mass is 10.2. The van der Waals surface area contributed by atoms with E-state index in [1.165, 1.54) is 6.07 Å². The zero-order chi connectivity index (χ0) is 29.4. The Morgan fingerprint density at radius 2 is 1.83 bits per heavy atom. The summed E-state index contributed by atoms with van der Waals surface area (Å²) in [7, 11) is 0. The highest BCUT2D eigenvalue weighted by atomic mass is 16.2. The van der Waals surface area contributed by atoms with E-state index in [0.29, 0.717) is 18.8 Å². The Morgan fingerprint density at radius 1 is 1.07 bits per heavy atom. The maximum atomic E-state index is 13.2. The van der Waals surface area contributed by atoms with Crippen LogP contribution in [-0.4, -0.2) is 54.0 Å². The van der Waals surface area contributed by atoms with Gasteiger partial charge in [-0.25, -0.2) is 14.2 Å². The summed E-state index contributed by atoms with van der Waals surface area (Å²) in [4.78, 5) is 45.4. The Morgan fingerprint density at radius 3 is 2.49 bits per heavy atom. The molecule has 2 N–H and O–H groups in total. The number of fused-ring (bicyclic) bond motifs is 1. The van der Waals surface area contributed by atoms with E-state index in [1.807, 2.05) is 67.2 Å². The number of anilines is 1. The second-order valence-electron chi connectivity index (χ2n) is 9.18. The smallest absolute Gasteiger partial charge is 0.284 e. The van der Waals surface area contributed by atoms with Crippen molar-refractivity contribution in [3.63, 3.8) is 0 Å². The Balaban J connectivity index is 0.000000372. The Bertz CT molecular complexity index is 1730. The summed E-state index contributed by atoms with van der Waals surface area (Å²) in [5, 5.41) is 7.66. The Labute approximate surface area is 237 Å². The van der Waals surface area contributed by atoms with Crippen LogP contribution in [0.1, 0.15) is 29.4 Å². The van der Waals surface area contributed by atoms with E-state index in [0.717, 1.165) is 30.1 Å². The number of aromatic nitrogens is 6. The minimum Gasteiger partial charge on any atom is -0.353 e. The summed E-state index contributed by atoms with van der Waals surface area (Å²) < 4.78 is 5.16. The van der Waals surface area contributed by atoms with Gasteiger partial charge in [-0.15, -0.1) is 17.9 Å². The third-order valence-electron chi connectivity index (χ3n) is 6.69. The number of rotatable bonds is 5. The standard InChI is InChI=1S/C23H25N7O2.C5H5NO.C2H2/c1-3-29-16(2)21(23(32)30(29)18-7-5-4-6-8-18)22(31)25-17-11-13-27(15-17)20-10-9-19-24-12-14-28(19)26-20;7-5-3-1-2-4-6-5;1-2/h4-10,12,14,17H,3,11,13,15H2,1-2H3,(H,25,31);1-4H,(H,6,7);1-2H/t17-;;/m0../s1. The molecule has 210 valence electrons. The summed E-state index contributed by atoms with van der Waals surface area (Å²) in [5.41, 5.74) is 2.06. The van der Waals surface area contributed by atoms with Crippen LogP contribution < -0.4 is 21.3 Å². The lowest BCUT2D eigenvalue weighted by Crippen LogP contribution is -2.39. The molecule has 1 amide bonds. The van der Waals surface area contributed by atoms with Gasteiger partial charge in [0.2, 0.25) is 5.56 Å². The molecule has 0 saturated carbocycles. The maximum Gasteiger partial charge on any atom is 0.284 e. The zero-order valence-corrected chi connectivity index (χ0v) is 23.0. The van der Waals surface area contributed by atoms with E-state index in [9.17, 15) is 14.4 Å². The predicted molar refractivity (Wildman–Crippen MR) is 158 cm³/mol. The molecule has 0 spiro atoms. The molecule has 0 radical (unpaired) electrons. The molecule has 11 heteroatoms. The van der Waals surface area contributed by atoms with E-state index in [4.69, 9.17) is 0 Å². The zero-order valence-electron chi connectivity index (χ0n) is 23.0. The predicted octanol–water partition coefficient (Wildman–Crippen LogP) is 2.64. The molecule has 0 aliphatic carbocycles. The van der Waals surface area contributed by atoms with Gasteiger partial charge in [-0.1, -0.05) is 24.3 Å². The number of benzene rings is 1.